The first kappa shape index (κ1) is 25.6. The van der Waals surface area contributed by atoms with Crippen LogP contribution in [0.1, 0.15) is 15.9 Å². The molecule has 1 aliphatic heterocycles. The first-order chi connectivity index (χ1) is 18.5. The van der Waals surface area contributed by atoms with Crippen molar-refractivity contribution >= 4 is 44.5 Å². The summed E-state index contributed by atoms with van der Waals surface area (Å²) in [5, 5.41) is 0.696. The highest BCUT2D eigenvalue weighted by Gasteiger charge is 2.25. The number of ether oxygens (including phenoxy) is 3. The van der Waals surface area contributed by atoms with Gasteiger partial charge >= 0.3 is 0 Å². The van der Waals surface area contributed by atoms with Gasteiger partial charge in [0.05, 0.1) is 24.2 Å². The average Bonchev–Trinajstić information content (AvgIpc) is 2.96. The highest BCUT2D eigenvalue weighted by atomic mass is 79.9. The van der Waals surface area contributed by atoms with Crippen LogP contribution in [0.4, 0.5) is 11.8 Å². The van der Waals surface area contributed by atoms with Crippen LogP contribution in [-0.2, 0) is 6.61 Å². The SMILES string of the molecule is COc1cc2nc(N3CCN(C(=O)c4ccc(OCc5ccccc5)c(Br)c4)CC3)nc(N)c2cc1OC. The van der Waals surface area contributed by atoms with Crippen molar-refractivity contribution in [1.82, 2.24) is 14.9 Å². The van der Waals surface area contributed by atoms with E-state index in [-0.39, 0.29) is 5.91 Å². The van der Waals surface area contributed by atoms with E-state index in [9.17, 15) is 4.79 Å². The number of hydrogen-bond acceptors (Lipinski definition) is 8. The zero-order chi connectivity index (χ0) is 26.6. The minimum Gasteiger partial charge on any atom is -0.493 e. The molecule has 0 aliphatic carbocycles. The summed E-state index contributed by atoms with van der Waals surface area (Å²) in [6, 6.07) is 19.0. The molecule has 196 valence electrons. The number of anilines is 2. The molecule has 2 heterocycles. The molecule has 0 atom stereocenters. The number of nitrogens with zero attached hydrogens (tertiary/aromatic N) is 4. The Labute approximate surface area is 229 Å². The Kier molecular flexibility index (Phi) is 7.50. The molecule has 1 aromatic heterocycles. The Morgan fingerprint density at radius 2 is 1.63 bits per heavy atom. The van der Waals surface area contributed by atoms with Crippen LogP contribution in [0.15, 0.2) is 65.1 Å². The van der Waals surface area contributed by atoms with Crippen molar-refractivity contribution in [2.24, 2.45) is 0 Å². The second-order valence-corrected chi connectivity index (χ2v) is 9.69. The molecule has 0 saturated carbocycles. The minimum absolute atomic E-state index is 0.0317. The summed E-state index contributed by atoms with van der Waals surface area (Å²) < 4.78 is 17.4. The Morgan fingerprint density at radius 3 is 2.32 bits per heavy atom. The highest BCUT2D eigenvalue weighted by molar-refractivity contribution is 9.10. The van der Waals surface area contributed by atoms with Crippen molar-refractivity contribution in [1.29, 1.82) is 0 Å². The Morgan fingerprint density at radius 1 is 0.921 bits per heavy atom. The predicted molar refractivity (Wildman–Crippen MR) is 150 cm³/mol. The molecular weight excluding hydrogens is 550 g/mol. The average molecular weight is 578 g/mol. The van der Waals surface area contributed by atoms with Crippen LogP contribution in [0.25, 0.3) is 10.9 Å². The van der Waals surface area contributed by atoms with Crippen LogP contribution < -0.4 is 24.8 Å². The van der Waals surface area contributed by atoms with Gasteiger partial charge in [-0.05, 0) is 45.8 Å². The van der Waals surface area contributed by atoms with E-state index in [1.54, 1.807) is 32.4 Å². The number of amides is 1. The lowest BCUT2D eigenvalue weighted by molar-refractivity contribution is 0.0746. The van der Waals surface area contributed by atoms with E-state index >= 15 is 0 Å². The topological polar surface area (TPSA) is 103 Å². The van der Waals surface area contributed by atoms with E-state index in [1.807, 2.05) is 52.3 Å². The number of halogens is 1. The Hall–Kier alpha value is -4.05. The maximum Gasteiger partial charge on any atom is 0.254 e. The van der Waals surface area contributed by atoms with Crippen molar-refractivity contribution in [3.05, 3.63) is 76.3 Å². The Bertz CT molecular complexity index is 1460. The van der Waals surface area contributed by atoms with Gasteiger partial charge < -0.3 is 29.7 Å². The van der Waals surface area contributed by atoms with Gasteiger partial charge in [0.25, 0.3) is 5.91 Å². The van der Waals surface area contributed by atoms with Gasteiger partial charge in [-0.25, -0.2) is 4.98 Å². The van der Waals surface area contributed by atoms with E-state index in [0.717, 1.165) is 10.0 Å². The second kappa shape index (κ2) is 11.1. The molecule has 3 aromatic carbocycles. The summed E-state index contributed by atoms with van der Waals surface area (Å²) in [6.07, 6.45) is 0. The highest BCUT2D eigenvalue weighted by Crippen LogP contribution is 2.34. The molecule has 38 heavy (non-hydrogen) atoms. The Balaban J connectivity index is 1.24. The van der Waals surface area contributed by atoms with Gasteiger partial charge in [0.1, 0.15) is 18.2 Å². The number of benzene rings is 3. The van der Waals surface area contributed by atoms with Crippen molar-refractivity contribution in [3.63, 3.8) is 0 Å². The summed E-state index contributed by atoms with van der Waals surface area (Å²) in [4.78, 5) is 26.3. The van der Waals surface area contributed by atoms with Crippen molar-refractivity contribution < 1.29 is 19.0 Å². The monoisotopic (exact) mass is 577 g/mol. The second-order valence-electron chi connectivity index (χ2n) is 8.83. The molecule has 1 aliphatic rings. The summed E-state index contributed by atoms with van der Waals surface area (Å²) in [7, 11) is 3.15. The van der Waals surface area contributed by atoms with Gasteiger partial charge in [-0.2, -0.15) is 4.98 Å². The number of piperazine rings is 1. The fourth-order valence-corrected chi connectivity index (χ4v) is 4.88. The lowest BCUT2D eigenvalue weighted by Gasteiger charge is -2.35. The largest absolute Gasteiger partial charge is 0.493 e. The van der Waals surface area contributed by atoms with E-state index in [2.05, 4.69) is 20.9 Å². The number of carbonyl (C=O) groups excluding carboxylic acids is 1. The van der Waals surface area contributed by atoms with Crippen LogP contribution in [0, 0.1) is 0 Å². The molecule has 0 unspecified atom stereocenters. The number of aromatic nitrogens is 2. The van der Waals surface area contributed by atoms with Crippen LogP contribution in [-0.4, -0.2) is 61.2 Å². The van der Waals surface area contributed by atoms with Gasteiger partial charge in [0, 0.05) is 43.2 Å². The normalized spacial score (nSPS) is 13.4. The third-order valence-corrected chi connectivity index (χ3v) is 7.10. The van der Waals surface area contributed by atoms with Crippen LogP contribution in [0.3, 0.4) is 0 Å². The lowest BCUT2D eigenvalue weighted by atomic mass is 10.1. The van der Waals surface area contributed by atoms with Crippen LogP contribution in [0.5, 0.6) is 17.2 Å². The summed E-state index contributed by atoms with van der Waals surface area (Å²) in [6.45, 7) is 2.70. The standard InChI is InChI=1S/C28H28BrN5O4/c1-36-24-15-20-22(16-25(24)37-2)31-28(32-26(20)30)34-12-10-33(11-13-34)27(35)19-8-9-23(21(29)14-19)38-17-18-6-4-3-5-7-18/h3-9,14-16H,10-13,17H2,1-2H3,(H2,30,31,32). The summed E-state index contributed by atoms with van der Waals surface area (Å²) in [5.41, 5.74) is 8.61. The van der Waals surface area contributed by atoms with Gasteiger partial charge in [-0.3, -0.25) is 4.79 Å². The zero-order valence-electron chi connectivity index (χ0n) is 21.2. The van der Waals surface area contributed by atoms with E-state index in [0.29, 0.717) is 78.3 Å². The van der Waals surface area contributed by atoms with E-state index < -0.39 is 0 Å². The number of rotatable bonds is 7. The van der Waals surface area contributed by atoms with Crippen LogP contribution >= 0.6 is 15.9 Å². The van der Waals surface area contributed by atoms with Crippen molar-refractivity contribution in [2.45, 2.75) is 6.61 Å². The lowest BCUT2D eigenvalue weighted by Crippen LogP contribution is -2.49. The molecule has 1 saturated heterocycles. The molecule has 1 amide bonds. The zero-order valence-corrected chi connectivity index (χ0v) is 22.8. The number of hydrogen-bond donors (Lipinski definition) is 1. The van der Waals surface area contributed by atoms with E-state index in [4.69, 9.17) is 24.9 Å². The number of nitrogen functional groups attached to an aromatic ring is 1. The van der Waals surface area contributed by atoms with Gasteiger partial charge in [-0.15, -0.1) is 0 Å². The first-order valence-corrected chi connectivity index (χ1v) is 13.0. The van der Waals surface area contributed by atoms with Crippen molar-refractivity contribution in [3.8, 4) is 17.2 Å². The third-order valence-electron chi connectivity index (χ3n) is 6.48. The van der Waals surface area contributed by atoms with Gasteiger partial charge in [0.2, 0.25) is 5.95 Å². The molecule has 0 radical (unpaired) electrons. The maximum atomic E-state index is 13.2. The first-order valence-electron chi connectivity index (χ1n) is 12.2. The van der Waals surface area contributed by atoms with Crippen LogP contribution in [0.2, 0.25) is 0 Å². The number of carbonyl (C=O) groups is 1. The maximum absolute atomic E-state index is 13.2. The summed E-state index contributed by atoms with van der Waals surface area (Å²) >= 11 is 3.55. The van der Waals surface area contributed by atoms with Crippen molar-refractivity contribution in [2.75, 3.05) is 51.0 Å². The molecule has 5 rings (SSSR count). The van der Waals surface area contributed by atoms with Gasteiger partial charge in [0.15, 0.2) is 11.5 Å². The number of fused-ring (bicyclic) bond motifs is 1. The molecule has 1 fully saturated rings. The van der Waals surface area contributed by atoms with E-state index in [1.165, 1.54) is 0 Å². The molecular formula is C28H28BrN5O4. The molecule has 2 N–H and O–H groups in total. The number of nitrogens with two attached hydrogens (primary N) is 1. The quantitative estimate of drug-likeness (QED) is 0.341. The smallest absolute Gasteiger partial charge is 0.254 e. The fraction of sp³-hybridized carbons (Fsp3) is 0.250. The molecule has 10 heteroatoms. The minimum atomic E-state index is -0.0317. The number of methoxy groups -OCH3 is 2. The van der Waals surface area contributed by atoms with Gasteiger partial charge in [-0.1, -0.05) is 30.3 Å². The molecule has 9 nitrogen and oxygen atoms in total. The molecule has 0 spiro atoms. The summed E-state index contributed by atoms with van der Waals surface area (Å²) in [5.74, 6) is 2.69. The fourth-order valence-electron chi connectivity index (χ4n) is 4.39. The predicted octanol–water partition coefficient (Wildman–Crippen LogP) is 4.53. The molecule has 4 aromatic rings. The third kappa shape index (κ3) is 5.31. The molecule has 0 bridgehead atoms.